The number of methoxy groups -OCH3 is 1. The molecule has 2 aromatic rings. The van der Waals surface area contributed by atoms with E-state index in [4.69, 9.17) is 4.74 Å². The normalized spacial score (nSPS) is 10.5. The predicted molar refractivity (Wildman–Crippen MR) is 88.4 cm³/mol. The van der Waals surface area contributed by atoms with E-state index in [0.29, 0.717) is 5.75 Å². The van der Waals surface area contributed by atoms with Crippen molar-refractivity contribution in [3.8, 4) is 5.75 Å². The SMILES string of the molecule is COc1ccccc1NCC(=O)N/N=C/c1ccc(C)cc1. The van der Waals surface area contributed by atoms with Crippen molar-refractivity contribution in [2.75, 3.05) is 19.0 Å². The largest absolute Gasteiger partial charge is 0.495 e. The van der Waals surface area contributed by atoms with Gasteiger partial charge in [0.25, 0.3) is 5.91 Å². The highest BCUT2D eigenvalue weighted by atomic mass is 16.5. The van der Waals surface area contributed by atoms with Crippen LogP contribution in [-0.2, 0) is 4.79 Å². The van der Waals surface area contributed by atoms with Crippen LogP contribution in [0.5, 0.6) is 5.75 Å². The first-order valence-corrected chi connectivity index (χ1v) is 6.94. The molecule has 5 heteroatoms. The molecule has 0 heterocycles. The number of ether oxygens (including phenoxy) is 1. The van der Waals surface area contributed by atoms with E-state index in [0.717, 1.165) is 11.3 Å². The summed E-state index contributed by atoms with van der Waals surface area (Å²) < 4.78 is 5.20. The smallest absolute Gasteiger partial charge is 0.259 e. The molecule has 0 radical (unpaired) electrons. The number of carbonyl (C=O) groups excluding carboxylic acids is 1. The molecule has 0 aliphatic heterocycles. The molecule has 0 saturated carbocycles. The van der Waals surface area contributed by atoms with Crippen molar-refractivity contribution in [3.63, 3.8) is 0 Å². The van der Waals surface area contributed by atoms with Gasteiger partial charge < -0.3 is 10.1 Å². The molecular formula is C17H19N3O2. The second-order valence-electron chi connectivity index (χ2n) is 4.76. The summed E-state index contributed by atoms with van der Waals surface area (Å²) in [7, 11) is 1.59. The second-order valence-corrected chi connectivity index (χ2v) is 4.76. The third-order valence-corrected chi connectivity index (χ3v) is 3.03. The molecule has 0 spiro atoms. The van der Waals surface area contributed by atoms with Crippen LogP contribution < -0.4 is 15.5 Å². The maximum Gasteiger partial charge on any atom is 0.259 e. The summed E-state index contributed by atoms with van der Waals surface area (Å²) in [4.78, 5) is 11.7. The fourth-order valence-electron chi connectivity index (χ4n) is 1.84. The number of rotatable bonds is 6. The number of hydrogen-bond donors (Lipinski definition) is 2. The fraction of sp³-hybridized carbons (Fsp3) is 0.176. The summed E-state index contributed by atoms with van der Waals surface area (Å²) in [5.41, 5.74) is 5.36. The lowest BCUT2D eigenvalue weighted by atomic mass is 10.2. The Labute approximate surface area is 130 Å². The molecule has 5 nitrogen and oxygen atoms in total. The van der Waals surface area contributed by atoms with Crippen LogP contribution in [0.4, 0.5) is 5.69 Å². The zero-order valence-corrected chi connectivity index (χ0v) is 12.7. The minimum atomic E-state index is -0.228. The van der Waals surface area contributed by atoms with E-state index >= 15 is 0 Å². The van der Waals surface area contributed by atoms with Crippen LogP contribution in [0.15, 0.2) is 53.6 Å². The van der Waals surface area contributed by atoms with Crippen molar-refractivity contribution in [1.29, 1.82) is 0 Å². The van der Waals surface area contributed by atoms with E-state index in [1.54, 1.807) is 13.3 Å². The van der Waals surface area contributed by atoms with Crippen molar-refractivity contribution in [2.24, 2.45) is 5.10 Å². The second kappa shape index (κ2) is 7.83. The minimum Gasteiger partial charge on any atom is -0.495 e. The summed E-state index contributed by atoms with van der Waals surface area (Å²) >= 11 is 0. The summed E-state index contributed by atoms with van der Waals surface area (Å²) in [6.07, 6.45) is 1.61. The van der Waals surface area contributed by atoms with Crippen LogP contribution in [0.1, 0.15) is 11.1 Å². The first-order chi connectivity index (χ1) is 10.7. The number of benzene rings is 2. The number of nitrogens with zero attached hydrogens (tertiary/aromatic N) is 1. The molecule has 0 atom stereocenters. The Kier molecular flexibility index (Phi) is 5.54. The quantitative estimate of drug-likeness (QED) is 0.636. The molecule has 0 fully saturated rings. The molecule has 0 saturated heterocycles. The number of para-hydroxylation sites is 2. The Bertz CT molecular complexity index is 651. The van der Waals surface area contributed by atoms with Crippen LogP contribution >= 0.6 is 0 Å². The summed E-state index contributed by atoms with van der Waals surface area (Å²) in [5.74, 6) is 0.465. The van der Waals surface area contributed by atoms with Gasteiger partial charge in [0.05, 0.1) is 25.6 Å². The number of nitrogens with one attached hydrogen (secondary N) is 2. The van der Waals surface area contributed by atoms with Crippen molar-refractivity contribution in [2.45, 2.75) is 6.92 Å². The van der Waals surface area contributed by atoms with E-state index in [9.17, 15) is 4.79 Å². The van der Waals surface area contributed by atoms with Crippen molar-refractivity contribution in [1.82, 2.24) is 5.43 Å². The first-order valence-electron chi connectivity index (χ1n) is 6.94. The summed E-state index contributed by atoms with van der Waals surface area (Å²) in [6, 6.07) is 15.3. The first kappa shape index (κ1) is 15.6. The van der Waals surface area contributed by atoms with Gasteiger partial charge in [0.2, 0.25) is 0 Å². The number of anilines is 1. The van der Waals surface area contributed by atoms with E-state index < -0.39 is 0 Å². The molecule has 0 unspecified atom stereocenters. The molecule has 2 aromatic carbocycles. The van der Waals surface area contributed by atoms with Crippen molar-refractivity contribution < 1.29 is 9.53 Å². The molecule has 0 aliphatic rings. The lowest BCUT2D eigenvalue weighted by Crippen LogP contribution is -2.26. The Morgan fingerprint density at radius 1 is 1.18 bits per heavy atom. The van der Waals surface area contributed by atoms with Gasteiger partial charge >= 0.3 is 0 Å². The number of hydrazone groups is 1. The third-order valence-electron chi connectivity index (χ3n) is 3.03. The highest BCUT2D eigenvalue weighted by Crippen LogP contribution is 2.22. The van der Waals surface area contributed by atoms with Gasteiger partial charge in [0, 0.05) is 0 Å². The molecule has 0 bridgehead atoms. The highest BCUT2D eigenvalue weighted by molar-refractivity contribution is 5.84. The lowest BCUT2D eigenvalue weighted by molar-refractivity contribution is -0.119. The van der Waals surface area contributed by atoms with Crippen LogP contribution in [0.2, 0.25) is 0 Å². The van der Waals surface area contributed by atoms with Gasteiger partial charge in [-0.05, 0) is 24.6 Å². The lowest BCUT2D eigenvalue weighted by Gasteiger charge is -2.09. The molecule has 0 aromatic heterocycles. The average molecular weight is 297 g/mol. The zero-order chi connectivity index (χ0) is 15.8. The number of carbonyl (C=O) groups is 1. The summed E-state index contributed by atoms with van der Waals surface area (Å²) in [5, 5.41) is 6.94. The maximum atomic E-state index is 11.7. The molecule has 22 heavy (non-hydrogen) atoms. The predicted octanol–water partition coefficient (Wildman–Crippen LogP) is 2.57. The van der Waals surface area contributed by atoms with Gasteiger partial charge in [-0.3, -0.25) is 4.79 Å². The molecule has 0 aliphatic carbocycles. The average Bonchev–Trinajstić information content (AvgIpc) is 2.55. The van der Waals surface area contributed by atoms with Crippen molar-refractivity contribution in [3.05, 3.63) is 59.7 Å². The molecule has 114 valence electrons. The maximum absolute atomic E-state index is 11.7. The van der Waals surface area contributed by atoms with E-state index in [-0.39, 0.29) is 12.5 Å². The monoisotopic (exact) mass is 297 g/mol. The van der Waals surface area contributed by atoms with Crippen LogP contribution in [0, 0.1) is 6.92 Å². The van der Waals surface area contributed by atoms with E-state index in [1.807, 2.05) is 55.5 Å². The highest BCUT2D eigenvalue weighted by Gasteiger charge is 2.03. The number of hydrogen-bond acceptors (Lipinski definition) is 4. The Balaban J connectivity index is 1.82. The number of aryl methyl sites for hydroxylation is 1. The van der Waals surface area contributed by atoms with Gasteiger partial charge in [0.1, 0.15) is 5.75 Å². The fourth-order valence-corrected chi connectivity index (χ4v) is 1.84. The molecular weight excluding hydrogens is 278 g/mol. The van der Waals surface area contributed by atoms with E-state index in [2.05, 4.69) is 15.8 Å². The molecule has 2 rings (SSSR count). The standard InChI is InChI=1S/C17H19N3O2/c1-13-7-9-14(10-8-13)11-19-20-17(21)12-18-15-5-3-4-6-16(15)22-2/h3-11,18H,12H2,1-2H3,(H,20,21)/b19-11+. The molecule has 2 N–H and O–H groups in total. The van der Waals surface area contributed by atoms with Crippen LogP contribution in [0.25, 0.3) is 0 Å². The third kappa shape index (κ3) is 4.63. The van der Waals surface area contributed by atoms with Crippen LogP contribution in [0.3, 0.4) is 0 Å². The van der Waals surface area contributed by atoms with Gasteiger partial charge in [-0.1, -0.05) is 42.0 Å². The molecule has 1 amide bonds. The summed E-state index contributed by atoms with van der Waals surface area (Å²) in [6.45, 7) is 2.14. The zero-order valence-electron chi connectivity index (χ0n) is 12.7. The Morgan fingerprint density at radius 2 is 1.91 bits per heavy atom. The van der Waals surface area contributed by atoms with Gasteiger partial charge in [-0.2, -0.15) is 5.10 Å². The topological polar surface area (TPSA) is 62.7 Å². The van der Waals surface area contributed by atoms with Gasteiger partial charge in [0.15, 0.2) is 0 Å². The van der Waals surface area contributed by atoms with Crippen LogP contribution in [-0.4, -0.2) is 25.8 Å². The van der Waals surface area contributed by atoms with Crippen molar-refractivity contribution >= 4 is 17.8 Å². The number of amides is 1. The minimum absolute atomic E-state index is 0.117. The van der Waals surface area contributed by atoms with Gasteiger partial charge in [-0.15, -0.1) is 0 Å². The van der Waals surface area contributed by atoms with Gasteiger partial charge in [-0.25, -0.2) is 5.43 Å². The Morgan fingerprint density at radius 3 is 2.64 bits per heavy atom. The van der Waals surface area contributed by atoms with E-state index in [1.165, 1.54) is 5.56 Å². The Hall–Kier alpha value is -2.82.